The second-order valence-corrected chi connectivity index (χ2v) is 4.51. The molecule has 1 aromatic carbocycles. The van der Waals surface area contributed by atoms with Crippen molar-refractivity contribution in [3.05, 3.63) is 41.5 Å². The van der Waals surface area contributed by atoms with Gasteiger partial charge in [0.1, 0.15) is 5.52 Å². The summed E-state index contributed by atoms with van der Waals surface area (Å²) in [5.74, 6) is 0.490. The average molecular weight is 270 g/mol. The second-order valence-electron chi connectivity index (χ2n) is 4.51. The van der Waals surface area contributed by atoms with Gasteiger partial charge in [0.05, 0.1) is 11.8 Å². The summed E-state index contributed by atoms with van der Waals surface area (Å²) in [5.41, 5.74) is 3.40. The Morgan fingerprint density at radius 1 is 1.45 bits per heavy atom. The molecule has 1 amide bonds. The van der Waals surface area contributed by atoms with Gasteiger partial charge in [0.2, 0.25) is 0 Å². The van der Waals surface area contributed by atoms with Crippen molar-refractivity contribution in [3.63, 3.8) is 0 Å². The van der Waals surface area contributed by atoms with E-state index in [1.165, 1.54) is 6.20 Å². The smallest absolute Gasteiger partial charge is 0.259 e. The average Bonchev–Trinajstić information content (AvgIpc) is 3.03. The molecule has 20 heavy (non-hydrogen) atoms. The number of carbonyl (C=O) groups excluding carboxylic acids is 1. The monoisotopic (exact) mass is 270 g/mol. The maximum atomic E-state index is 12.1. The molecule has 2 N–H and O–H groups in total. The van der Waals surface area contributed by atoms with E-state index in [-0.39, 0.29) is 5.91 Å². The van der Waals surface area contributed by atoms with Crippen molar-refractivity contribution in [2.75, 3.05) is 5.32 Å². The van der Waals surface area contributed by atoms with Crippen LogP contribution in [0.25, 0.3) is 11.1 Å². The highest BCUT2D eigenvalue weighted by Gasteiger charge is 2.12. The molecule has 0 saturated heterocycles. The van der Waals surface area contributed by atoms with E-state index in [0.717, 1.165) is 23.2 Å². The third-order valence-corrected chi connectivity index (χ3v) is 3.07. The number of H-pyrrole nitrogens is 1. The first kappa shape index (κ1) is 12.4. The molecule has 0 fully saturated rings. The number of amides is 1. The van der Waals surface area contributed by atoms with Crippen molar-refractivity contribution < 1.29 is 9.21 Å². The standard InChI is InChI=1S/C14H14N4O2/c1-3-13-17-11-6-9(4-5-12(11)20-13)16-14(19)10-7-15-18-8(10)2/h4-7H,3H2,1-2H3,(H,15,18)(H,16,19). The number of nitrogens with zero attached hydrogens (tertiary/aromatic N) is 2. The molecule has 102 valence electrons. The van der Waals surface area contributed by atoms with E-state index in [2.05, 4.69) is 20.5 Å². The maximum absolute atomic E-state index is 12.1. The first-order valence-electron chi connectivity index (χ1n) is 6.38. The largest absolute Gasteiger partial charge is 0.441 e. The fraction of sp³-hybridized carbons (Fsp3) is 0.214. The van der Waals surface area contributed by atoms with Crippen LogP contribution in [0.1, 0.15) is 28.9 Å². The summed E-state index contributed by atoms with van der Waals surface area (Å²) in [6, 6.07) is 5.39. The summed E-state index contributed by atoms with van der Waals surface area (Å²) in [5, 5.41) is 9.40. The van der Waals surface area contributed by atoms with Gasteiger partial charge in [-0.15, -0.1) is 0 Å². The Kier molecular flexibility index (Phi) is 2.98. The number of aromatic amines is 1. The minimum Gasteiger partial charge on any atom is -0.441 e. The topological polar surface area (TPSA) is 83.8 Å². The molecular weight excluding hydrogens is 256 g/mol. The molecule has 0 aliphatic carbocycles. The van der Waals surface area contributed by atoms with Crippen LogP contribution in [-0.2, 0) is 6.42 Å². The first-order chi connectivity index (χ1) is 9.67. The highest BCUT2D eigenvalue weighted by Crippen LogP contribution is 2.21. The molecule has 0 aliphatic rings. The number of hydrogen-bond acceptors (Lipinski definition) is 4. The van der Waals surface area contributed by atoms with Crippen LogP contribution >= 0.6 is 0 Å². The molecule has 0 saturated carbocycles. The summed E-state index contributed by atoms with van der Waals surface area (Å²) in [4.78, 5) is 16.4. The number of benzene rings is 1. The highest BCUT2D eigenvalue weighted by molar-refractivity contribution is 6.05. The lowest BCUT2D eigenvalue weighted by Gasteiger charge is -2.03. The third kappa shape index (κ3) is 2.16. The Hall–Kier alpha value is -2.63. The van der Waals surface area contributed by atoms with Crippen LogP contribution in [-0.4, -0.2) is 21.1 Å². The van der Waals surface area contributed by atoms with Crippen molar-refractivity contribution in [2.24, 2.45) is 0 Å². The summed E-state index contributed by atoms with van der Waals surface area (Å²) in [6.45, 7) is 3.78. The molecule has 0 radical (unpaired) electrons. The number of anilines is 1. The number of aryl methyl sites for hydroxylation is 2. The maximum Gasteiger partial charge on any atom is 0.259 e. The Morgan fingerprint density at radius 3 is 3.00 bits per heavy atom. The highest BCUT2D eigenvalue weighted by atomic mass is 16.3. The van der Waals surface area contributed by atoms with Gasteiger partial charge in [-0.3, -0.25) is 9.89 Å². The fourth-order valence-electron chi connectivity index (χ4n) is 1.98. The number of fused-ring (bicyclic) bond motifs is 1. The zero-order chi connectivity index (χ0) is 14.1. The summed E-state index contributed by atoms with van der Waals surface area (Å²) in [6.07, 6.45) is 2.25. The predicted octanol–water partition coefficient (Wildman–Crippen LogP) is 2.67. The van der Waals surface area contributed by atoms with Crippen LogP contribution in [0, 0.1) is 6.92 Å². The molecule has 6 nitrogen and oxygen atoms in total. The number of hydrogen-bond donors (Lipinski definition) is 2. The molecule has 2 heterocycles. The molecule has 6 heteroatoms. The fourth-order valence-corrected chi connectivity index (χ4v) is 1.98. The minimum absolute atomic E-state index is 0.199. The number of oxazole rings is 1. The number of nitrogens with one attached hydrogen (secondary N) is 2. The lowest BCUT2D eigenvalue weighted by atomic mass is 10.2. The van der Waals surface area contributed by atoms with Crippen LogP contribution in [0.15, 0.2) is 28.8 Å². The van der Waals surface area contributed by atoms with E-state index in [1.807, 2.05) is 6.92 Å². The zero-order valence-electron chi connectivity index (χ0n) is 11.2. The van der Waals surface area contributed by atoms with Crippen LogP contribution in [0.2, 0.25) is 0 Å². The van der Waals surface area contributed by atoms with E-state index in [4.69, 9.17) is 4.42 Å². The second kappa shape index (κ2) is 4.80. The van der Waals surface area contributed by atoms with Gasteiger partial charge in [-0.05, 0) is 25.1 Å². The number of aromatic nitrogens is 3. The quantitative estimate of drug-likeness (QED) is 0.766. The van der Waals surface area contributed by atoms with E-state index in [0.29, 0.717) is 17.1 Å². The lowest BCUT2D eigenvalue weighted by molar-refractivity contribution is 0.102. The van der Waals surface area contributed by atoms with Crippen LogP contribution in [0.3, 0.4) is 0 Å². The third-order valence-electron chi connectivity index (χ3n) is 3.07. The SMILES string of the molecule is CCc1nc2cc(NC(=O)c3cn[nH]c3C)ccc2o1. The summed E-state index contributed by atoms with van der Waals surface area (Å²) >= 11 is 0. The minimum atomic E-state index is -0.199. The van der Waals surface area contributed by atoms with Crippen molar-refractivity contribution in [3.8, 4) is 0 Å². The molecule has 3 aromatic rings. The van der Waals surface area contributed by atoms with E-state index < -0.39 is 0 Å². The Labute approximate surface area is 115 Å². The van der Waals surface area contributed by atoms with Crippen LogP contribution in [0.4, 0.5) is 5.69 Å². The molecule has 0 spiro atoms. The van der Waals surface area contributed by atoms with Gasteiger partial charge >= 0.3 is 0 Å². The van der Waals surface area contributed by atoms with Crippen molar-refractivity contribution in [2.45, 2.75) is 20.3 Å². The lowest BCUT2D eigenvalue weighted by Crippen LogP contribution is -2.12. The van der Waals surface area contributed by atoms with E-state index in [9.17, 15) is 4.79 Å². The first-order valence-corrected chi connectivity index (χ1v) is 6.38. The molecular formula is C14H14N4O2. The van der Waals surface area contributed by atoms with Crippen molar-refractivity contribution in [1.29, 1.82) is 0 Å². The van der Waals surface area contributed by atoms with Crippen molar-refractivity contribution in [1.82, 2.24) is 15.2 Å². The molecule has 3 rings (SSSR count). The predicted molar refractivity (Wildman–Crippen MR) is 74.7 cm³/mol. The van der Waals surface area contributed by atoms with Gasteiger partial charge in [-0.25, -0.2) is 4.98 Å². The van der Waals surface area contributed by atoms with Gasteiger partial charge in [-0.2, -0.15) is 5.10 Å². The number of carbonyl (C=O) groups is 1. The Balaban J connectivity index is 1.87. The Morgan fingerprint density at radius 2 is 2.30 bits per heavy atom. The number of rotatable bonds is 3. The van der Waals surface area contributed by atoms with Gasteiger partial charge in [0.15, 0.2) is 11.5 Å². The molecule has 0 unspecified atom stereocenters. The zero-order valence-corrected chi connectivity index (χ0v) is 11.2. The molecule has 2 aromatic heterocycles. The van der Waals surface area contributed by atoms with Gasteiger partial charge in [0.25, 0.3) is 5.91 Å². The Bertz CT molecular complexity index is 772. The van der Waals surface area contributed by atoms with E-state index in [1.54, 1.807) is 25.1 Å². The molecule has 0 atom stereocenters. The van der Waals surface area contributed by atoms with E-state index >= 15 is 0 Å². The van der Waals surface area contributed by atoms with Gasteiger partial charge < -0.3 is 9.73 Å². The molecule has 0 aliphatic heterocycles. The molecule has 0 bridgehead atoms. The van der Waals surface area contributed by atoms with Gasteiger partial charge in [0, 0.05) is 17.8 Å². The summed E-state index contributed by atoms with van der Waals surface area (Å²) in [7, 11) is 0. The van der Waals surface area contributed by atoms with Crippen molar-refractivity contribution >= 4 is 22.7 Å². The van der Waals surface area contributed by atoms with Crippen LogP contribution < -0.4 is 5.32 Å². The normalized spacial score (nSPS) is 10.9. The summed E-state index contributed by atoms with van der Waals surface area (Å²) < 4.78 is 5.53. The van der Waals surface area contributed by atoms with Gasteiger partial charge in [-0.1, -0.05) is 6.92 Å². The van der Waals surface area contributed by atoms with Crippen LogP contribution in [0.5, 0.6) is 0 Å².